The van der Waals surface area contributed by atoms with Gasteiger partial charge in [0, 0.05) is 30.9 Å². The van der Waals surface area contributed by atoms with Gasteiger partial charge in [-0.25, -0.2) is 0 Å². The number of quaternary nitrogens is 1. The first-order valence-electron chi connectivity index (χ1n) is 7.08. The van der Waals surface area contributed by atoms with Gasteiger partial charge in [-0.2, -0.15) is 5.43 Å². The van der Waals surface area contributed by atoms with Crippen LogP contribution in [0.2, 0.25) is 0 Å². The molecule has 0 aliphatic heterocycles. The van der Waals surface area contributed by atoms with Gasteiger partial charge in [-0.15, -0.1) is 0 Å². The average molecular weight is 285 g/mol. The minimum atomic E-state index is 0.200. The normalized spacial score (nSPS) is 15.7. The van der Waals surface area contributed by atoms with Gasteiger partial charge < -0.3 is 10.0 Å². The highest BCUT2D eigenvalue weighted by Crippen LogP contribution is 2.25. The van der Waals surface area contributed by atoms with E-state index in [1.807, 2.05) is 18.2 Å². The van der Waals surface area contributed by atoms with Gasteiger partial charge in [0.2, 0.25) is 0 Å². The highest BCUT2D eigenvalue weighted by Gasteiger charge is 2.11. The highest BCUT2D eigenvalue weighted by atomic mass is 16.3. The summed E-state index contributed by atoms with van der Waals surface area (Å²) in [7, 11) is 0. The van der Waals surface area contributed by atoms with E-state index >= 15 is 0 Å². The van der Waals surface area contributed by atoms with Gasteiger partial charge in [-0.05, 0) is 32.1 Å². The average Bonchev–Trinajstić information content (AvgIpc) is 2.49. The van der Waals surface area contributed by atoms with E-state index in [9.17, 15) is 5.11 Å². The van der Waals surface area contributed by atoms with E-state index in [0.717, 1.165) is 18.8 Å². The lowest BCUT2D eigenvalue weighted by atomic mass is 10.1. The molecule has 5 nitrogen and oxygen atoms in total. The first kappa shape index (κ1) is 15.0. The zero-order chi connectivity index (χ0) is 15.2. The van der Waals surface area contributed by atoms with Crippen molar-refractivity contribution >= 4 is 22.8 Å². The predicted molar refractivity (Wildman–Crippen MR) is 86.7 cm³/mol. The van der Waals surface area contributed by atoms with Crippen LogP contribution in [0.3, 0.4) is 0 Å². The second-order valence-electron chi connectivity index (χ2n) is 4.69. The van der Waals surface area contributed by atoms with Crippen LogP contribution in [0.4, 0.5) is 11.4 Å². The van der Waals surface area contributed by atoms with Crippen molar-refractivity contribution in [3.8, 4) is 5.75 Å². The number of benzene rings is 1. The van der Waals surface area contributed by atoms with Crippen molar-refractivity contribution in [1.29, 1.82) is 5.41 Å². The van der Waals surface area contributed by atoms with Crippen molar-refractivity contribution < 1.29 is 10.5 Å². The molecule has 0 atom stereocenters. The zero-order valence-corrected chi connectivity index (χ0v) is 12.4. The molecule has 1 aliphatic carbocycles. The van der Waals surface area contributed by atoms with E-state index in [4.69, 9.17) is 5.41 Å². The third kappa shape index (κ3) is 3.58. The zero-order valence-electron chi connectivity index (χ0n) is 12.4. The molecule has 0 spiro atoms. The monoisotopic (exact) mass is 285 g/mol. The third-order valence-corrected chi connectivity index (χ3v) is 3.39. The largest absolute Gasteiger partial charge is 0.503 e. The van der Waals surface area contributed by atoms with E-state index in [0.29, 0.717) is 17.1 Å². The van der Waals surface area contributed by atoms with E-state index in [-0.39, 0.29) is 5.75 Å². The molecular formula is C16H21N4O+. The standard InChI is InChI=1S/C16H20N4O/c1-3-20(4-2)12-9-10-15(16(21)11-12)19-18-14-8-6-5-7-13(14)17/h5-11,17,19,21H,3-4H2,1-2H3/p+1. The molecule has 0 amide bonds. The van der Waals surface area contributed by atoms with Crippen LogP contribution >= 0.6 is 0 Å². The van der Waals surface area contributed by atoms with Gasteiger partial charge in [-0.3, -0.25) is 5.41 Å². The molecule has 0 unspecified atom stereocenters. The minimum absolute atomic E-state index is 0.200. The number of allylic oxidation sites excluding steroid dienone is 4. The van der Waals surface area contributed by atoms with Crippen molar-refractivity contribution in [2.45, 2.75) is 13.8 Å². The highest BCUT2D eigenvalue weighted by molar-refractivity contribution is 6.49. The summed E-state index contributed by atoms with van der Waals surface area (Å²) < 4.78 is 0. The van der Waals surface area contributed by atoms with Gasteiger partial charge in [-0.1, -0.05) is 17.3 Å². The molecule has 0 heterocycles. The number of anilines is 1. The maximum atomic E-state index is 10.1. The molecule has 1 aliphatic rings. The van der Waals surface area contributed by atoms with Crippen LogP contribution < -0.4 is 10.3 Å². The van der Waals surface area contributed by atoms with Gasteiger partial charge >= 0.3 is 0 Å². The summed E-state index contributed by atoms with van der Waals surface area (Å²) in [5, 5.41) is 22.1. The SMILES string of the molecule is CCN(CC)c1ccc([NH2+]N=C2C=CC=CC2=N)c(O)c1. The molecule has 0 radical (unpaired) electrons. The van der Waals surface area contributed by atoms with Crippen LogP contribution in [0, 0.1) is 5.41 Å². The Morgan fingerprint density at radius 3 is 2.52 bits per heavy atom. The Morgan fingerprint density at radius 1 is 1.19 bits per heavy atom. The van der Waals surface area contributed by atoms with Crippen molar-refractivity contribution in [3.63, 3.8) is 0 Å². The smallest absolute Gasteiger partial charge is 0.198 e. The fraction of sp³-hybridized carbons (Fsp3) is 0.250. The van der Waals surface area contributed by atoms with E-state index in [2.05, 4.69) is 23.8 Å². The first-order valence-corrected chi connectivity index (χ1v) is 7.08. The molecule has 0 bridgehead atoms. The van der Waals surface area contributed by atoms with E-state index in [1.165, 1.54) is 0 Å². The van der Waals surface area contributed by atoms with Crippen LogP contribution in [0.1, 0.15) is 13.8 Å². The van der Waals surface area contributed by atoms with Crippen LogP contribution in [0.5, 0.6) is 5.75 Å². The fourth-order valence-corrected chi connectivity index (χ4v) is 2.15. The Kier molecular flexibility index (Phi) is 4.90. The molecule has 5 heteroatoms. The number of nitrogens with two attached hydrogens (primary N) is 1. The molecule has 4 N–H and O–H groups in total. The Morgan fingerprint density at radius 2 is 1.90 bits per heavy atom. The maximum Gasteiger partial charge on any atom is 0.198 e. The quantitative estimate of drug-likeness (QED) is 0.254. The van der Waals surface area contributed by atoms with Crippen molar-refractivity contribution in [1.82, 2.24) is 0 Å². The van der Waals surface area contributed by atoms with Gasteiger partial charge in [0.15, 0.2) is 11.4 Å². The summed E-state index contributed by atoms with van der Waals surface area (Å²) in [6.45, 7) is 5.97. The maximum absolute atomic E-state index is 10.1. The summed E-state index contributed by atoms with van der Waals surface area (Å²) in [5.74, 6) is 0.200. The number of hydrogen-bond donors (Lipinski definition) is 3. The van der Waals surface area contributed by atoms with Gasteiger partial charge in [0.1, 0.15) is 5.71 Å². The fourth-order valence-electron chi connectivity index (χ4n) is 2.15. The Labute approximate surface area is 124 Å². The molecule has 1 aromatic rings. The Hall–Kier alpha value is -2.40. The molecule has 0 fully saturated rings. The third-order valence-electron chi connectivity index (χ3n) is 3.39. The number of rotatable bonds is 5. The lowest BCUT2D eigenvalue weighted by molar-refractivity contribution is -0.577. The number of nitrogens with zero attached hydrogens (tertiary/aromatic N) is 2. The number of aromatic hydroxyl groups is 1. The second-order valence-corrected chi connectivity index (χ2v) is 4.69. The summed E-state index contributed by atoms with van der Waals surface area (Å²) in [4.78, 5) is 2.17. The molecule has 0 saturated heterocycles. The molecule has 1 aromatic carbocycles. The first-order chi connectivity index (χ1) is 10.2. The van der Waals surface area contributed by atoms with Crippen molar-refractivity contribution in [2.75, 3.05) is 18.0 Å². The van der Waals surface area contributed by atoms with Gasteiger partial charge in [0.25, 0.3) is 0 Å². The topological polar surface area (TPSA) is 76.3 Å². The Balaban J connectivity index is 2.15. The van der Waals surface area contributed by atoms with Crippen LogP contribution in [-0.2, 0) is 0 Å². The summed E-state index contributed by atoms with van der Waals surface area (Å²) in [5.41, 5.74) is 4.19. The van der Waals surface area contributed by atoms with Crippen molar-refractivity contribution in [2.24, 2.45) is 5.10 Å². The molecule has 0 aromatic heterocycles. The minimum Gasteiger partial charge on any atom is -0.503 e. The Bertz CT molecular complexity index is 613. The molecule has 21 heavy (non-hydrogen) atoms. The van der Waals surface area contributed by atoms with Crippen LogP contribution in [-0.4, -0.2) is 29.6 Å². The molecule has 110 valence electrons. The molecular weight excluding hydrogens is 264 g/mol. The second kappa shape index (κ2) is 6.85. The summed E-state index contributed by atoms with van der Waals surface area (Å²) in [6.07, 6.45) is 7.11. The van der Waals surface area contributed by atoms with Crippen LogP contribution in [0.25, 0.3) is 0 Å². The predicted octanol–water partition coefficient (Wildman–Crippen LogP) is 1.94. The molecule has 2 rings (SSSR count). The van der Waals surface area contributed by atoms with E-state index in [1.54, 1.807) is 29.7 Å². The number of phenolic OH excluding ortho intramolecular Hbond substituents is 1. The van der Waals surface area contributed by atoms with E-state index < -0.39 is 0 Å². The molecule has 0 saturated carbocycles. The number of hydrogen-bond acceptors (Lipinski definition) is 4. The van der Waals surface area contributed by atoms with Crippen molar-refractivity contribution in [3.05, 3.63) is 42.5 Å². The lowest BCUT2D eigenvalue weighted by Gasteiger charge is -2.21. The number of nitrogens with one attached hydrogen (secondary N) is 1. The summed E-state index contributed by atoms with van der Waals surface area (Å²) in [6, 6.07) is 5.57. The lowest BCUT2D eigenvalue weighted by Crippen LogP contribution is -2.71. The van der Waals surface area contributed by atoms with Gasteiger partial charge in [0.05, 0.1) is 5.71 Å². The van der Waals surface area contributed by atoms with Crippen LogP contribution in [0.15, 0.2) is 47.6 Å². The number of phenols is 1. The summed E-state index contributed by atoms with van der Waals surface area (Å²) >= 11 is 0.